The van der Waals surface area contributed by atoms with Crippen LogP contribution >= 0.6 is 0 Å². The molecule has 1 fully saturated rings. The normalized spacial score (nSPS) is 25.4. The molecule has 1 rings (SSSR count). The quantitative estimate of drug-likeness (QED) is 0.657. The smallest absolute Gasteiger partial charge is 0.211 e. The highest BCUT2D eigenvalue weighted by atomic mass is 32.2. The molecule has 1 unspecified atom stereocenters. The second-order valence-corrected chi connectivity index (χ2v) is 5.49. The van der Waals surface area contributed by atoms with E-state index in [1.807, 2.05) is 6.92 Å². The van der Waals surface area contributed by atoms with Gasteiger partial charge in [-0.3, -0.25) is 0 Å². The molecule has 0 bridgehead atoms. The van der Waals surface area contributed by atoms with Gasteiger partial charge in [0, 0.05) is 13.1 Å². The van der Waals surface area contributed by atoms with Crippen LogP contribution in [-0.2, 0) is 10.0 Å². The van der Waals surface area contributed by atoms with Crippen LogP contribution in [-0.4, -0.2) is 31.6 Å². The monoisotopic (exact) mass is 202 g/mol. The van der Waals surface area contributed by atoms with Gasteiger partial charge in [0.2, 0.25) is 10.0 Å². The van der Waals surface area contributed by atoms with Gasteiger partial charge in [0.15, 0.2) is 5.75 Å². The third-order valence-electron chi connectivity index (χ3n) is 2.26. The van der Waals surface area contributed by atoms with Crippen LogP contribution in [0.4, 0.5) is 0 Å². The van der Waals surface area contributed by atoms with E-state index in [4.69, 9.17) is 5.26 Å². The standard InChI is InChI=1S/C8H14N2O2S/c1-8-3-2-5-10(7-8)13(11,12)6-4-9/h8H,2-3,5-7H2,1H3. The number of nitriles is 1. The molecule has 74 valence electrons. The van der Waals surface area contributed by atoms with E-state index in [2.05, 4.69) is 0 Å². The molecule has 0 radical (unpaired) electrons. The lowest BCUT2D eigenvalue weighted by molar-refractivity contribution is 0.282. The Kier molecular flexibility index (Phi) is 3.28. The van der Waals surface area contributed by atoms with E-state index < -0.39 is 10.0 Å². The van der Waals surface area contributed by atoms with E-state index in [0.29, 0.717) is 19.0 Å². The van der Waals surface area contributed by atoms with Crippen LogP contribution in [0.1, 0.15) is 19.8 Å². The first-order chi connectivity index (χ1) is 6.06. The van der Waals surface area contributed by atoms with E-state index in [0.717, 1.165) is 12.8 Å². The molecule has 0 aromatic carbocycles. The molecule has 1 atom stereocenters. The van der Waals surface area contributed by atoms with Crippen molar-refractivity contribution in [3.63, 3.8) is 0 Å². The van der Waals surface area contributed by atoms with Gasteiger partial charge >= 0.3 is 0 Å². The Morgan fingerprint density at radius 2 is 2.31 bits per heavy atom. The summed E-state index contributed by atoms with van der Waals surface area (Å²) >= 11 is 0. The Morgan fingerprint density at radius 1 is 1.62 bits per heavy atom. The predicted octanol–water partition coefficient (Wildman–Crippen LogP) is 0.572. The van der Waals surface area contributed by atoms with Crippen molar-refractivity contribution in [2.45, 2.75) is 19.8 Å². The van der Waals surface area contributed by atoms with Gasteiger partial charge in [0.05, 0.1) is 6.07 Å². The second kappa shape index (κ2) is 4.07. The molecule has 0 N–H and O–H groups in total. The molecule has 0 aromatic heterocycles. The Balaban J connectivity index is 2.66. The van der Waals surface area contributed by atoms with Crippen molar-refractivity contribution in [2.24, 2.45) is 5.92 Å². The molecular formula is C8H14N2O2S. The molecule has 13 heavy (non-hydrogen) atoms. The van der Waals surface area contributed by atoms with Crippen molar-refractivity contribution in [3.8, 4) is 6.07 Å². The van der Waals surface area contributed by atoms with Gasteiger partial charge in [-0.1, -0.05) is 6.92 Å². The highest BCUT2D eigenvalue weighted by Crippen LogP contribution is 2.18. The summed E-state index contributed by atoms with van der Waals surface area (Å²) in [6.45, 7) is 3.19. The van der Waals surface area contributed by atoms with Crippen LogP contribution in [0.25, 0.3) is 0 Å². The Labute approximate surface area is 79.2 Å². The Hall–Kier alpha value is -0.600. The maximum absolute atomic E-state index is 11.4. The molecule has 0 aromatic rings. The average molecular weight is 202 g/mol. The van der Waals surface area contributed by atoms with Gasteiger partial charge in [0.25, 0.3) is 0 Å². The maximum Gasteiger partial charge on any atom is 0.227 e. The summed E-state index contributed by atoms with van der Waals surface area (Å²) in [5.41, 5.74) is 0. The molecule has 0 aliphatic carbocycles. The molecule has 1 aliphatic rings. The minimum Gasteiger partial charge on any atom is -0.211 e. The molecular weight excluding hydrogens is 188 g/mol. The van der Waals surface area contributed by atoms with Crippen LogP contribution in [0.3, 0.4) is 0 Å². The zero-order valence-corrected chi connectivity index (χ0v) is 8.55. The van der Waals surface area contributed by atoms with Crippen LogP contribution in [0.15, 0.2) is 0 Å². The van der Waals surface area contributed by atoms with Crippen LogP contribution < -0.4 is 0 Å². The number of hydrogen-bond acceptors (Lipinski definition) is 3. The predicted molar refractivity (Wildman–Crippen MR) is 49.4 cm³/mol. The van der Waals surface area contributed by atoms with Crippen LogP contribution in [0, 0.1) is 17.2 Å². The summed E-state index contributed by atoms with van der Waals surface area (Å²) in [5, 5.41) is 8.34. The average Bonchev–Trinajstić information content (AvgIpc) is 2.04. The highest BCUT2D eigenvalue weighted by Gasteiger charge is 2.26. The van der Waals surface area contributed by atoms with E-state index >= 15 is 0 Å². The van der Waals surface area contributed by atoms with Crippen LogP contribution in [0.5, 0.6) is 0 Å². The van der Waals surface area contributed by atoms with Gasteiger partial charge in [-0.25, -0.2) is 12.7 Å². The Bertz CT molecular complexity index is 305. The fourth-order valence-corrected chi connectivity index (χ4v) is 2.81. The van der Waals surface area contributed by atoms with Gasteiger partial charge in [-0.05, 0) is 18.8 Å². The van der Waals surface area contributed by atoms with Gasteiger partial charge in [-0.15, -0.1) is 0 Å². The number of rotatable bonds is 2. The number of nitrogens with zero attached hydrogens (tertiary/aromatic N) is 2. The number of piperidine rings is 1. The molecule has 1 heterocycles. The molecule has 4 nitrogen and oxygen atoms in total. The van der Waals surface area contributed by atoms with Crippen LogP contribution in [0.2, 0.25) is 0 Å². The zero-order chi connectivity index (χ0) is 9.90. The maximum atomic E-state index is 11.4. The highest BCUT2D eigenvalue weighted by molar-refractivity contribution is 7.89. The summed E-state index contributed by atoms with van der Waals surface area (Å²) in [6, 6.07) is 1.69. The third-order valence-corrected chi connectivity index (χ3v) is 3.87. The van der Waals surface area contributed by atoms with Crippen molar-refractivity contribution >= 4 is 10.0 Å². The fourth-order valence-electron chi connectivity index (χ4n) is 1.57. The van der Waals surface area contributed by atoms with Crippen molar-refractivity contribution in [2.75, 3.05) is 18.8 Å². The minimum absolute atomic E-state index is 0.389. The first-order valence-electron chi connectivity index (χ1n) is 4.41. The summed E-state index contributed by atoms with van der Waals surface area (Å²) in [7, 11) is -3.29. The topological polar surface area (TPSA) is 61.2 Å². The molecule has 5 heteroatoms. The molecule has 1 saturated heterocycles. The third kappa shape index (κ3) is 2.68. The largest absolute Gasteiger partial charge is 0.227 e. The van der Waals surface area contributed by atoms with Crippen molar-refractivity contribution in [1.29, 1.82) is 5.26 Å². The minimum atomic E-state index is -3.29. The van der Waals surface area contributed by atoms with E-state index in [1.165, 1.54) is 4.31 Å². The molecule has 1 aliphatic heterocycles. The molecule has 0 spiro atoms. The number of sulfonamides is 1. The van der Waals surface area contributed by atoms with E-state index in [9.17, 15) is 8.42 Å². The van der Waals surface area contributed by atoms with Crippen molar-refractivity contribution < 1.29 is 8.42 Å². The SMILES string of the molecule is CC1CCCN(S(=O)(=O)CC#N)C1. The lowest BCUT2D eigenvalue weighted by Crippen LogP contribution is -2.40. The van der Waals surface area contributed by atoms with E-state index in [-0.39, 0.29) is 5.75 Å². The summed E-state index contributed by atoms with van der Waals surface area (Å²) in [4.78, 5) is 0. The van der Waals surface area contributed by atoms with Crippen molar-refractivity contribution in [1.82, 2.24) is 4.31 Å². The summed E-state index contributed by atoms with van der Waals surface area (Å²) in [5.74, 6) is 0.0296. The first-order valence-corrected chi connectivity index (χ1v) is 6.02. The van der Waals surface area contributed by atoms with Gasteiger partial charge < -0.3 is 0 Å². The lowest BCUT2D eigenvalue weighted by atomic mass is 10.0. The Morgan fingerprint density at radius 3 is 2.85 bits per heavy atom. The number of hydrogen-bond donors (Lipinski definition) is 0. The first kappa shape index (κ1) is 10.5. The van der Waals surface area contributed by atoms with Gasteiger partial charge in [-0.2, -0.15) is 5.26 Å². The summed E-state index contributed by atoms with van der Waals surface area (Å²) in [6.07, 6.45) is 1.99. The molecule has 0 saturated carbocycles. The van der Waals surface area contributed by atoms with Gasteiger partial charge in [0.1, 0.15) is 0 Å². The zero-order valence-electron chi connectivity index (χ0n) is 7.73. The lowest BCUT2D eigenvalue weighted by Gasteiger charge is -2.29. The van der Waals surface area contributed by atoms with E-state index in [1.54, 1.807) is 6.07 Å². The fraction of sp³-hybridized carbons (Fsp3) is 0.875. The summed E-state index contributed by atoms with van der Waals surface area (Å²) < 4.78 is 24.3. The van der Waals surface area contributed by atoms with Crippen molar-refractivity contribution in [3.05, 3.63) is 0 Å². The second-order valence-electron chi connectivity index (χ2n) is 3.52. The molecule has 0 amide bonds.